The topological polar surface area (TPSA) is 75.2 Å². The standard InChI is InChI=1S/C21H28N4O2/c1-16(2)13-24-20(26)10-12-25(11-9-18-7-5-4-6-8-18)21(27)19-15-22-17(3)14-23-19/h4-8,14-16H,9-13H2,1-3H3,(H,24,26). The Morgan fingerprint density at radius 2 is 1.81 bits per heavy atom. The molecule has 0 radical (unpaired) electrons. The van der Waals surface area contributed by atoms with Crippen LogP contribution in [0.5, 0.6) is 0 Å². The highest BCUT2D eigenvalue weighted by atomic mass is 16.2. The molecule has 0 aliphatic heterocycles. The van der Waals surface area contributed by atoms with Crippen molar-refractivity contribution < 1.29 is 9.59 Å². The third-order valence-electron chi connectivity index (χ3n) is 4.12. The molecular weight excluding hydrogens is 340 g/mol. The monoisotopic (exact) mass is 368 g/mol. The van der Waals surface area contributed by atoms with Gasteiger partial charge in [-0.25, -0.2) is 4.98 Å². The molecule has 1 aromatic carbocycles. The van der Waals surface area contributed by atoms with Gasteiger partial charge in [-0.05, 0) is 24.8 Å². The fourth-order valence-corrected chi connectivity index (χ4v) is 2.53. The number of aromatic nitrogens is 2. The average molecular weight is 368 g/mol. The molecule has 0 unspecified atom stereocenters. The van der Waals surface area contributed by atoms with Gasteiger partial charge in [0.1, 0.15) is 5.69 Å². The van der Waals surface area contributed by atoms with E-state index in [1.165, 1.54) is 6.20 Å². The molecular formula is C21H28N4O2. The van der Waals surface area contributed by atoms with Gasteiger partial charge in [0, 0.05) is 32.3 Å². The molecule has 2 amide bonds. The lowest BCUT2D eigenvalue weighted by Crippen LogP contribution is -2.37. The van der Waals surface area contributed by atoms with Crippen molar-refractivity contribution in [3.63, 3.8) is 0 Å². The van der Waals surface area contributed by atoms with E-state index in [0.717, 1.165) is 17.7 Å². The van der Waals surface area contributed by atoms with Crippen molar-refractivity contribution in [2.75, 3.05) is 19.6 Å². The molecule has 0 aliphatic rings. The maximum atomic E-state index is 12.8. The number of rotatable bonds is 9. The summed E-state index contributed by atoms with van der Waals surface area (Å²) >= 11 is 0. The van der Waals surface area contributed by atoms with E-state index in [1.54, 1.807) is 11.1 Å². The average Bonchev–Trinajstić information content (AvgIpc) is 2.67. The fourth-order valence-electron chi connectivity index (χ4n) is 2.53. The van der Waals surface area contributed by atoms with Crippen LogP contribution in [-0.4, -0.2) is 46.3 Å². The first kappa shape index (κ1) is 20.6. The van der Waals surface area contributed by atoms with E-state index in [2.05, 4.69) is 15.3 Å². The van der Waals surface area contributed by atoms with E-state index in [4.69, 9.17) is 0 Å². The lowest BCUT2D eigenvalue weighted by Gasteiger charge is -2.22. The van der Waals surface area contributed by atoms with Gasteiger partial charge in [-0.15, -0.1) is 0 Å². The van der Waals surface area contributed by atoms with Gasteiger partial charge >= 0.3 is 0 Å². The Hall–Kier alpha value is -2.76. The van der Waals surface area contributed by atoms with Gasteiger partial charge in [0.05, 0.1) is 11.9 Å². The highest BCUT2D eigenvalue weighted by Crippen LogP contribution is 2.07. The number of nitrogens with one attached hydrogen (secondary N) is 1. The first-order chi connectivity index (χ1) is 13.0. The number of hydrogen-bond acceptors (Lipinski definition) is 4. The van der Waals surface area contributed by atoms with Crippen molar-refractivity contribution in [3.8, 4) is 0 Å². The van der Waals surface area contributed by atoms with Crippen molar-refractivity contribution in [1.29, 1.82) is 0 Å². The molecule has 1 N–H and O–H groups in total. The van der Waals surface area contributed by atoms with E-state index in [-0.39, 0.29) is 18.2 Å². The molecule has 2 rings (SSSR count). The summed E-state index contributed by atoms with van der Waals surface area (Å²) in [5.41, 5.74) is 2.21. The Labute approximate surface area is 161 Å². The van der Waals surface area contributed by atoms with E-state index in [0.29, 0.717) is 31.2 Å². The van der Waals surface area contributed by atoms with Gasteiger partial charge in [0.2, 0.25) is 5.91 Å². The molecule has 27 heavy (non-hydrogen) atoms. The first-order valence-electron chi connectivity index (χ1n) is 9.34. The molecule has 1 heterocycles. The summed E-state index contributed by atoms with van der Waals surface area (Å²) in [5, 5.41) is 2.89. The largest absolute Gasteiger partial charge is 0.356 e. The second kappa shape index (κ2) is 10.4. The highest BCUT2D eigenvalue weighted by Gasteiger charge is 2.18. The van der Waals surface area contributed by atoms with Gasteiger partial charge < -0.3 is 10.2 Å². The minimum Gasteiger partial charge on any atom is -0.356 e. The molecule has 2 aromatic rings. The summed E-state index contributed by atoms with van der Waals surface area (Å²) in [7, 11) is 0. The van der Waals surface area contributed by atoms with Crippen LogP contribution in [-0.2, 0) is 11.2 Å². The predicted octanol–water partition coefficient (Wildman–Crippen LogP) is 2.63. The Bertz CT molecular complexity index is 730. The zero-order chi connectivity index (χ0) is 19.6. The Morgan fingerprint density at radius 1 is 1.07 bits per heavy atom. The molecule has 6 heteroatoms. The van der Waals surface area contributed by atoms with Crippen LogP contribution in [0.4, 0.5) is 0 Å². The van der Waals surface area contributed by atoms with E-state index < -0.39 is 0 Å². The fraction of sp³-hybridized carbons (Fsp3) is 0.429. The van der Waals surface area contributed by atoms with E-state index >= 15 is 0 Å². The first-order valence-corrected chi connectivity index (χ1v) is 9.34. The second-order valence-corrected chi connectivity index (χ2v) is 7.02. The van der Waals surface area contributed by atoms with Gasteiger partial charge in [-0.3, -0.25) is 14.6 Å². The minimum atomic E-state index is -0.199. The van der Waals surface area contributed by atoms with Gasteiger partial charge in [-0.1, -0.05) is 44.2 Å². The van der Waals surface area contributed by atoms with Gasteiger partial charge in [0.15, 0.2) is 0 Å². The maximum Gasteiger partial charge on any atom is 0.274 e. The van der Waals surface area contributed by atoms with Crippen LogP contribution in [0.2, 0.25) is 0 Å². The summed E-state index contributed by atoms with van der Waals surface area (Å²) in [5.74, 6) is 0.152. The van der Waals surface area contributed by atoms with Gasteiger partial charge in [0.25, 0.3) is 5.91 Å². The number of hydrogen-bond donors (Lipinski definition) is 1. The van der Waals surface area contributed by atoms with Crippen molar-refractivity contribution in [2.45, 2.75) is 33.6 Å². The zero-order valence-electron chi connectivity index (χ0n) is 16.3. The molecule has 0 bridgehead atoms. The van der Waals surface area contributed by atoms with Crippen LogP contribution in [0.1, 0.15) is 42.0 Å². The number of aryl methyl sites for hydroxylation is 1. The van der Waals surface area contributed by atoms with Crippen molar-refractivity contribution >= 4 is 11.8 Å². The number of carbonyl (C=O) groups excluding carboxylic acids is 2. The Morgan fingerprint density at radius 3 is 2.44 bits per heavy atom. The lowest BCUT2D eigenvalue weighted by atomic mass is 10.1. The number of benzene rings is 1. The van der Waals surface area contributed by atoms with Crippen molar-refractivity contribution in [3.05, 3.63) is 59.7 Å². The molecule has 144 valence electrons. The van der Waals surface area contributed by atoms with Crippen LogP contribution >= 0.6 is 0 Å². The maximum absolute atomic E-state index is 12.8. The summed E-state index contributed by atoms with van der Waals surface area (Å²) in [6.45, 7) is 7.44. The van der Waals surface area contributed by atoms with Crippen LogP contribution < -0.4 is 5.32 Å². The lowest BCUT2D eigenvalue weighted by molar-refractivity contribution is -0.121. The van der Waals surface area contributed by atoms with Crippen LogP contribution in [0, 0.1) is 12.8 Å². The smallest absolute Gasteiger partial charge is 0.274 e. The molecule has 1 aromatic heterocycles. The summed E-state index contributed by atoms with van der Waals surface area (Å²) in [6.07, 6.45) is 4.07. The number of nitrogens with zero attached hydrogens (tertiary/aromatic N) is 3. The SMILES string of the molecule is Cc1cnc(C(=O)N(CCC(=O)NCC(C)C)CCc2ccccc2)cn1. The molecule has 0 saturated carbocycles. The van der Waals surface area contributed by atoms with E-state index in [9.17, 15) is 9.59 Å². The molecule has 6 nitrogen and oxygen atoms in total. The van der Waals surface area contributed by atoms with Crippen LogP contribution in [0.3, 0.4) is 0 Å². The summed E-state index contributed by atoms with van der Waals surface area (Å²) < 4.78 is 0. The summed E-state index contributed by atoms with van der Waals surface area (Å²) in [4.78, 5) is 34.9. The third kappa shape index (κ3) is 7.17. The number of amides is 2. The quantitative estimate of drug-likeness (QED) is 0.738. The molecule has 0 fully saturated rings. The molecule has 0 spiro atoms. The second-order valence-electron chi connectivity index (χ2n) is 7.02. The minimum absolute atomic E-state index is 0.0452. The number of carbonyl (C=O) groups is 2. The van der Waals surface area contributed by atoms with Crippen molar-refractivity contribution in [1.82, 2.24) is 20.2 Å². The van der Waals surface area contributed by atoms with Crippen LogP contribution in [0.25, 0.3) is 0 Å². The Kier molecular flexibility index (Phi) is 7.92. The van der Waals surface area contributed by atoms with Crippen LogP contribution in [0.15, 0.2) is 42.7 Å². The third-order valence-corrected chi connectivity index (χ3v) is 4.12. The molecule has 0 atom stereocenters. The van der Waals surface area contributed by atoms with Crippen molar-refractivity contribution in [2.24, 2.45) is 5.92 Å². The zero-order valence-corrected chi connectivity index (χ0v) is 16.3. The molecule has 0 saturated heterocycles. The highest BCUT2D eigenvalue weighted by molar-refractivity contribution is 5.92. The normalized spacial score (nSPS) is 10.7. The van der Waals surface area contributed by atoms with E-state index in [1.807, 2.05) is 51.1 Å². The summed E-state index contributed by atoms with van der Waals surface area (Å²) in [6, 6.07) is 9.99. The van der Waals surface area contributed by atoms with Gasteiger partial charge in [-0.2, -0.15) is 0 Å². The molecule has 0 aliphatic carbocycles. The Balaban J connectivity index is 2.01. The predicted molar refractivity (Wildman–Crippen MR) is 105 cm³/mol.